The number of nitrogens with zero attached hydrogens (tertiary/aromatic N) is 3. The van der Waals surface area contributed by atoms with Gasteiger partial charge in [-0.15, -0.1) is 11.3 Å². The number of aromatic nitrogens is 3. The topological polar surface area (TPSA) is 59.8 Å². The molecule has 0 unspecified atom stereocenters. The van der Waals surface area contributed by atoms with Crippen molar-refractivity contribution >= 4 is 17.2 Å². The van der Waals surface area contributed by atoms with Gasteiger partial charge in [-0.2, -0.15) is 5.10 Å². The van der Waals surface area contributed by atoms with Gasteiger partial charge in [0.1, 0.15) is 5.82 Å². The molecule has 3 rings (SSSR count). The third kappa shape index (κ3) is 3.86. The molecule has 0 spiro atoms. The van der Waals surface area contributed by atoms with E-state index in [1.165, 1.54) is 23.5 Å². The Morgan fingerprint density at radius 2 is 2.04 bits per heavy atom. The predicted molar refractivity (Wildman–Crippen MR) is 90.7 cm³/mol. The Bertz CT molecular complexity index is 854. The molecular formula is C17H17FN4OS. The van der Waals surface area contributed by atoms with E-state index in [1.807, 2.05) is 25.3 Å². The smallest absolute Gasteiger partial charge is 0.226 e. The molecule has 2 aromatic heterocycles. The van der Waals surface area contributed by atoms with Gasteiger partial charge in [-0.3, -0.25) is 4.79 Å². The minimum atomic E-state index is -0.288. The van der Waals surface area contributed by atoms with E-state index in [4.69, 9.17) is 0 Å². The van der Waals surface area contributed by atoms with Crippen LogP contribution in [0.25, 0.3) is 5.13 Å². The molecule has 0 atom stereocenters. The van der Waals surface area contributed by atoms with Crippen LogP contribution in [0.5, 0.6) is 0 Å². The lowest BCUT2D eigenvalue weighted by Gasteiger charge is -2.04. The monoisotopic (exact) mass is 344 g/mol. The molecule has 0 aliphatic carbocycles. The summed E-state index contributed by atoms with van der Waals surface area (Å²) in [4.78, 5) is 16.5. The van der Waals surface area contributed by atoms with E-state index in [-0.39, 0.29) is 18.1 Å². The highest BCUT2D eigenvalue weighted by molar-refractivity contribution is 7.12. The number of thiazole rings is 1. The van der Waals surface area contributed by atoms with Gasteiger partial charge in [0, 0.05) is 17.6 Å². The van der Waals surface area contributed by atoms with Gasteiger partial charge in [-0.1, -0.05) is 12.1 Å². The van der Waals surface area contributed by atoms with E-state index in [9.17, 15) is 9.18 Å². The molecule has 0 radical (unpaired) electrons. The first-order valence-corrected chi connectivity index (χ1v) is 8.38. The van der Waals surface area contributed by atoms with Crippen LogP contribution in [0.4, 0.5) is 4.39 Å². The molecule has 0 saturated carbocycles. The SMILES string of the molecule is Cc1cc(C)n(-c2nc(CC(=O)NCc3ccc(F)cc3)cs2)n1. The molecule has 7 heteroatoms. The summed E-state index contributed by atoms with van der Waals surface area (Å²) in [6, 6.07) is 8.04. The van der Waals surface area contributed by atoms with E-state index in [2.05, 4.69) is 15.4 Å². The molecule has 1 aromatic carbocycles. The number of hydrogen-bond acceptors (Lipinski definition) is 4. The van der Waals surface area contributed by atoms with Gasteiger partial charge in [0.2, 0.25) is 11.0 Å². The van der Waals surface area contributed by atoms with E-state index in [0.717, 1.165) is 22.1 Å². The van der Waals surface area contributed by atoms with Crippen LogP contribution in [-0.4, -0.2) is 20.7 Å². The number of rotatable bonds is 5. The highest BCUT2D eigenvalue weighted by Gasteiger charge is 2.11. The number of hydrogen-bond donors (Lipinski definition) is 1. The minimum absolute atomic E-state index is 0.121. The van der Waals surface area contributed by atoms with Crippen LogP contribution in [0.3, 0.4) is 0 Å². The molecule has 2 heterocycles. The first-order chi connectivity index (χ1) is 11.5. The third-order valence-corrected chi connectivity index (χ3v) is 4.34. The molecule has 0 aliphatic rings. The minimum Gasteiger partial charge on any atom is -0.352 e. The molecule has 0 saturated heterocycles. The fraction of sp³-hybridized carbons (Fsp3) is 0.235. The van der Waals surface area contributed by atoms with Gasteiger partial charge in [0.15, 0.2) is 0 Å². The lowest BCUT2D eigenvalue weighted by Crippen LogP contribution is -2.24. The van der Waals surface area contributed by atoms with Crippen molar-refractivity contribution in [2.24, 2.45) is 0 Å². The Balaban J connectivity index is 1.59. The molecule has 1 N–H and O–H groups in total. The van der Waals surface area contributed by atoms with Crippen LogP contribution in [0.1, 0.15) is 22.6 Å². The largest absolute Gasteiger partial charge is 0.352 e. The summed E-state index contributed by atoms with van der Waals surface area (Å²) in [6.45, 7) is 4.27. The molecule has 0 aliphatic heterocycles. The third-order valence-electron chi connectivity index (χ3n) is 3.48. The van der Waals surface area contributed by atoms with E-state index in [0.29, 0.717) is 12.2 Å². The van der Waals surface area contributed by atoms with E-state index >= 15 is 0 Å². The fourth-order valence-corrected chi connectivity index (χ4v) is 3.16. The maximum Gasteiger partial charge on any atom is 0.226 e. The van der Waals surface area contributed by atoms with Crippen molar-refractivity contribution in [1.82, 2.24) is 20.1 Å². The van der Waals surface area contributed by atoms with Gasteiger partial charge in [0.25, 0.3) is 0 Å². The Hall–Kier alpha value is -2.54. The van der Waals surface area contributed by atoms with Gasteiger partial charge < -0.3 is 5.32 Å². The normalized spacial score (nSPS) is 10.8. The lowest BCUT2D eigenvalue weighted by atomic mass is 10.2. The Labute approximate surface area is 143 Å². The Morgan fingerprint density at radius 1 is 1.29 bits per heavy atom. The number of nitrogens with one attached hydrogen (secondary N) is 1. The van der Waals surface area contributed by atoms with E-state index < -0.39 is 0 Å². The van der Waals surface area contributed by atoms with Crippen LogP contribution in [0.2, 0.25) is 0 Å². The van der Waals surface area contributed by atoms with Gasteiger partial charge >= 0.3 is 0 Å². The second-order valence-electron chi connectivity index (χ2n) is 5.54. The maximum atomic E-state index is 12.8. The van der Waals surface area contributed by atoms with Crippen LogP contribution < -0.4 is 5.32 Å². The Morgan fingerprint density at radius 3 is 2.71 bits per heavy atom. The quantitative estimate of drug-likeness (QED) is 0.774. The zero-order valence-corrected chi connectivity index (χ0v) is 14.2. The number of amides is 1. The highest BCUT2D eigenvalue weighted by Crippen LogP contribution is 2.17. The molecule has 3 aromatic rings. The summed E-state index contributed by atoms with van der Waals surface area (Å²) >= 11 is 1.46. The average molecular weight is 344 g/mol. The van der Waals surface area contributed by atoms with Crippen LogP contribution >= 0.6 is 11.3 Å². The second kappa shape index (κ2) is 6.92. The zero-order chi connectivity index (χ0) is 17.1. The predicted octanol–water partition coefficient (Wildman–Crippen LogP) is 2.94. The fourth-order valence-electron chi connectivity index (χ4n) is 2.33. The van der Waals surface area contributed by atoms with E-state index in [1.54, 1.807) is 16.8 Å². The summed E-state index contributed by atoms with van der Waals surface area (Å²) in [7, 11) is 0. The molecule has 124 valence electrons. The van der Waals surface area contributed by atoms with Crippen LogP contribution in [-0.2, 0) is 17.8 Å². The van der Waals surface area contributed by atoms with Gasteiger partial charge in [0.05, 0.1) is 17.8 Å². The molecule has 0 fully saturated rings. The number of benzene rings is 1. The standard InChI is InChI=1S/C17H17FN4OS/c1-11-7-12(2)22(21-11)17-20-15(10-24-17)8-16(23)19-9-13-3-5-14(18)6-4-13/h3-7,10H,8-9H2,1-2H3,(H,19,23). The number of carbonyl (C=O) groups excluding carboxylic acids is 1. The molecule has 24 heavy (non-hydrogen) atoms. The highest BCUT2D eigenvalue weighted by atomic mass is 32.1. The van der Waals surface area contributed by atoms with Crippen molar-refractivity contribution in [3.63, 3.8) is 0 Å². The van der Waals surface area contributed by atoms with Gasteiger partial charge in [-0.05, 0) is 37.6 Å². The van der Waals surface area contributed by atoms with Crippen molar-refractivity contribution in [2.75, 3.05) is 0 Å². The zero-order valence-electron chi connectivity index (χ0n) is 13.4. The van der Waals surface area contributed by atoms with Crippen molar-refractivity contribution in [2.45, 2.75) is 26.8 Å². The molecule has 0 bridgehead atoms. The van der Waals surface area contributed by atoms with Crippen molar-refractivity contribution in [1.29, 1.82) is 0 Å². The first kappa shape index (κ1) is 16.3. The Kier molecular flexibility index (Phi) is 4.71. The number of aryl methyl sites for hydroxylation is 2. The summed E-state index contributed by atoms with van der Waals surface area (Å²) in [5, 5.41) is 9.82. The molecule has 1 amide bonds. The summed E-state index contributed by atoms with van der Waals surface area (Å²) in [5.74, 6) is -0.409. The summed E-state index contributed by atoms with van der Waals surface area (Å²) in [5.41, 5.74) is 3.50. The van der Waals surface area contributed by atoms with Crippen molar-refractivity contribution in [3.05, 3.63) is 64.2 Å². The second-order valence-corrected chi connectivity index (χ2v) is 6.38. The molecule has 5 nitrogen and oxygen atoms in total. The van der Waals surface area contributed by atoms with Crippen molar-refractivity contribution in [3.8, 4) is 5.13 Å². The number of carbonyl (C=O) groups is 1. The van der Waals surface area contributed by atoms with Gasteiger partial charge in [-0.25, -0.2) is 14.1 Å². The first-order valence-electron chi connectivity index (χ1n) is 7.50. The average Bonchev–Trinajstić information content (AvgIpc) is 3.12. The van der Waals surface area contributed by atoms with Crippen molar-refractivity contribution < 1.29 is 9.18 Å². The summed E-state index contributed by atoms with van der Waals surface area (Å²) < 4.78 is 14.6. The number of halogens is 1. The van der Waals surface area contributed by atoms with Crippen LogP contribution in [0.15, 0.2) is 35.7 Å². The molecular weight excluding hydrogens is 327 g/mol. The summed E-state index contributed by atoms with van der Waals surface area (Å²) in [6.07, 6.45) is 0.205. The maximum absolute atomic E-state index is 12.8. The van der Waals surface area contributed by atoms with Crippen LogP contribution in [0, 0.1) is 19.7 Å². The lowest BCUT2D eigenvalue weighted by molar-refractivity contribution is -0.120.